The summed E-state index contributed by atoms with van der Waals surface area (Å²) in [4.78, 5) is 26.2. The molecule has 0 aromatic heterocycles. The van der Waals surface area contributed by atoms with Gasteiger partial charge in [0.25, 0.3) is 0 Å². The maximum absolute atomic E-state index is 13.6. The Morgan fingerprint density at radius 2 is 1.49 bits per heavy atom. The van der Waals surface area contributed by atoms with Crippen molar-refractivity contribution in [3.8, 4) is 11.5 Å². The van der Waals surface area contributed by atoms with Gasteiger partial charge in [-0.2, -0.15) is 0 Å². The first-order valence-corrected chi connectivity index (χ1v) is 15.3. The predicted molar refractivity (Wildman–Crippen MR) is 185 cm³/mol. The van der Waals surface area contributed by atoms with E-state index in [0.29, 0.717) is 47.0 Å². The molecule has 0 bridgehead atoms. The Morgan fingerprint density at radius 1 is 0.787 bits per heavy atom. The van der Waals surface area contributed by atoms with Crippen LogP contribution in [0.1, 0.15) is 24.5 Å². The minimum absolute atomic E-state index is 0.0555. The summed E-state index contributed by atoms with van der Waals surface area (Å²) in [5, 5.41) is 17.0. The van der Waals surface area contributed by atoms with Crippen molar-refractivity contribution in [3.05, 3.63) is 139 Å². The highest BCUT2D eigenvalue weighted by Crippen LogP contribution is 2.35. The quantitative estimate of drug-likeness (QED) is 0.0737. The zero-order valence-electron chi connectivity index (χ0n) is 25.8. The number of aliphatic hydroxyl groups excluding tert-OH is 1. The van der Waals surface area contributed by atoms with Gasteiger partial charge in [0.05, 0.1) is 23.7 Å². The standard InChI is InChI=1S/C38H37N3O6/c39-31-19-7-8-20-33(31)40-36(43)24-11-10-23-35(46-28-15-2-1-3-16-28)37(30-18-6-9-22-34(30)45-26-25-42)47-38(44)41-32-21-12-14-27-13-4-5-17-29(27)32/h1-9,11-22,24,35,37,42H,10,23,25-26,39H2,(H,40,43)(H,41,44)/b24-11+/t35-,37-/m1/s1. The second-order valence-electron chi connectivity index (χ2n) is 10.6. The fourth-order valence-electron chi connectivity index (χ4n) is 5.11. The first-order chi connectivity index (χ1) is 23.0. The van der Waals surface area contributed by atoms with Crippen LogP contribution in [0.4, 0.5) is 21.9 Å². The number of nitrogens with two attached hydrogens (primary N) is 1. The van der Waals surface area contributed by atoms with Crippen LogP contribution in [0.15, 0.2) is 133 Å². The highest BCUT2D eigenvalue weighted by atomic mass is 16.6. The van der Waals surface area contributed by atoms with Crippen LogP contribution in [0.25, 0.3) is 10.8 Å². The van der Waals surface area contributed by atoms with Crippen molar-refractivity contribution in [2.45, 2.75) is 25.0 Å². The van der Waals surface area contributed by atoms with Gasteiger partial charge < -0.3 is 30.4 Å². The highest BCUT2D eigenvalue weighted by Gasteiger charge is 2.31. The molecule has 2 amide bonds. The van der Waals surface area contributed by atoms with Crippen LogP contribution in [-0.4, -0.2) is 36.4 Å². The van der Waals surface area contributed by atoms with Crippen molar-refractivity contribution in [2.75, 3.05) is 29.6 Å². The van der Waals surface area contributed by atoms with E-state index in [9.17, 15) is 14.7 Å². The third-order valence-corrected chi connectivity index (χ3v) is 7.31. The highest BCUT2D eigenvalue weighted by molar-refractivity contribution is 6.01. The number of hydrogen-bond acceptors (Lipinski definition) is 7. The van der Waals surface area contributed by atoms with Crippen LogP contribution in [0.3, 0.4) is 0 Å². The summed E-state index contributed by atoms with van der Waals surface area (Å²) in [6.07, 6.45) is 1.63. The Labute approximate surface area is 273 Å². The summed E-state index contributed by atoms with van der Waals surface area (Å²) in [5.74, 6) is 0.700. The molecule has 0 radical (unpaired) electrons. The number of allylic oxidation sites excluding steroid dienone is 1. The van der Waals surface area contributed by atoms with Crippen molar-refractivity contribution in [3.63, 3.8) is 0 Å². The molecular formula is C38H37N3O6. The van der Waals surface area contributed by atoms with E-state index in [-0.39, 0.29) is 19.1 Å². The fourth-order valence-corrected chi connectivity index (χ4v) is 5.11. The molecule has 2 atom stereocenters. The normalized spacial score (nSPS) is 12.3. The predicted octanol–water partition coefficient (Wildman–Crippen LogP) is 7.51. The van der Waals surface area contributed by atoms with E-state index in [0.717, 1.165) is 10.8 Å². The van der Waals surface area contributed by atoms with Crippen molar-refractivity contribution >= 4 is 39.8 Å². The smallest absolute Gasteiger partial charge is 0.412 e. The Hall–Kier alpha value is -5.80. The first-order valence-electron chi connectivity index (χ1n) is 15.3. The molecule has 0 aliphatic carbocycles. The van der Waals surface area contributed by atoms with Gasteiger partial charge in [0.2, 0.25) is 5.91 Å². The number of fused-ring (bicyclic) bond motifs is 1. The van der Waals surface area contributed by atoms with Gasteiger partial charge in [0.1, 0.15) is 24.2 Å². The lowest BCUT2D eigenvalue weighted by molar-refractivity contribution is -0.111. The topological polar surface area (TPSA) is 132 Å². The van der Waals surface area contributed by atoms with Gasteiger partial charge in [0.15, 0.2) is 6.10 Å². The Bertz CT molecular complexity index is 1810. The molecule has 0 unspecified atom stereocenters. The molecule has 240 valence electrons. The molecule has 5 aromatic rings. The first kappa shape index (κ1) is 32.6. The van der Waals surface area contributed by atoms with E-state index in [2.05, 4.69) is 10.6 Å². The number of para-hydroxylation sites is 4. The Kier molecular flexibility index (Phi) is 11.4. The number of benzene rings is 5. The van der Waals surface area contributed by atoms with Crippen molar-refractivity contribution in [2.24, 2.45) is 0 Å². The lowest BCUT2D eigenvalue weighted by atomic mass is 9.99. The number of rotatable bonds is 14. The van der Waals surface area contributed by atoms with Gasteiger partial charge in [-0.3, -0.25) is 10.1 Å². The van der Waals surface area contributed by atoms with Gasteiger partial charge in [-0.1, -0.05) is 91.0 Å². The largest absolute Gasteiger partial charge is 0.491 e. The molecule has 5 N–H and O–H groups in total. The number of nitrogen functional groups attached to an aromatic ring is 1. The summed E-state index contributed by atoms with van der Waals surface area (Å²) in [5.41, 5.74) is 8.12. The summed E-state index contributed by atoms with van der Waals surface area (Å²) in [6, 6.07) is 36.8. The number of carbonyl (C=O) groups excluding carboxylic acids is 2. The third-order valence-electron chi connectivity index (χ3n) is 7.31. The van der Waals surface area contributed by atoms with Gasteiger partial charge in [0, 0.05) is 10.9 Å². The average molecular weight is 632 g/mol. The maximum atomic E-state index is 13.6. The molecule has 9 nitrogen and oxygen atoms in total. The van der Waals surface area contributed by atoms with Crippen LogP contribution >= 0.6 is 0 Å². The molecule has 9 heteroatoms. The fraction of sp³-hybridized carbons (Fsp3) is 0.158. The zero-order valence-corrected chi connectivity index (χ0v) is 25.8. The van der Waals surface area contributed by atoms with Gasteiger partial charge >= 0.3 is 6.09 Å². The Morgan fingerprint density at radius 3 is 2.32 bits per heavy atom. The van der Waals surface area contributed by atoms with Crippen LogP contribution in [-0.2, 0) is 9.53 Å². The lowest BCUT2D eigenvalue weighted by Crippen LogP contribution is -2.31. The van der Waals surface area contributed by atoms with Crippen LogP contribution in [0.5, 0.6) is 11.5 Å². The number of amides is 2. The van der Waals surface area contributed by atoms with Crippen molar-refractivity contribution in [1.82, 2.24) is 0 Å². The van der Waals surface area contributed by atoms with E-state index < -0.39 is 18.3 Å². The van der Waals surface area contributed by atoms with Gasteiger partial charge in [-0.25, -0.2) is 4.79 Å². The number of hydrogen-bond donors (Lipinski definition) is 4. The van der Waals surface area contributed by atoms with Gasteiger partial charge in [-0.05, 0) is 60.7 Å². The average Bonchev–Trinajstić information content (AvgIpc) is 3.09. The van der Waals surface area contributed by atoms with E-state index in [1.807, 2.05) is 78.9 Å². The zero-order chi connectivity index (χ0) is 32.8. The molecule has 0 aliphatic heterocycles. The van der Waals surface area contributed by atoms with E-state index in [1.54, 1.807) is 48.5 Å². The van der Waals surface area contributed by atoms with E-state index >= 15 is 0 Å². The SMILES string of the molecule is Nc1ccccc1NC(=O)/C=C/CC[C@@H](Oc1ccccc1)[C@H](OC(=O)Nc1cccc2ccccc12)c1ccccc1OCCO. The number of anilines is 3. The second kappa shape index (κ2) is 16.5. The summed E-state index contributed by atoms with van der Waals surface area (Å²) in [7, 11) is 0. The van der Waals surface area contributed by atoms with Crippen LogP contribution < -0.4 is 25.8 Å². The molecule has 0 saturated carbocycles. The Balaban J connectivity index is 1.41. The van der Waals surface area contributed by atoms with Crippen LogP contribution in [0.2, 0.25) is 0 Å². The lowest BCUT2D eigenvalue weighted by Gasteiger charge is -2.29. The molecule has 0 saturated heterocycles. The summed E-state index contributed by atoms with van der Waals surface area (Å²) in [6.45, 7) is -0.132. The maximum Gasteiger partial charge on any atom is 0.412 e. The number of aliphatic hydroxyl groups is 1. The van der Waals surface area contributed by atoms with Crippen molar-refractivity contribution in [1.29, 1.82) is 0 Å². The summed E-state index contributed by atoms with van der Waals surface area (Å²) < 4.78 is 18.5. The van der Waals surface area contributed by atoms with Crippen LogP contribution in [0, 0.1) is 0 Å². The van der Waals surface area contributed by atoms with E-state index in [1.165, 1.54) is 6.08 Å². The van der Waals surface area contributed by atoms with Crippen molar-refractivity contribution < 1.29 is 28.9 Å². The number of nitrogens with one attached hydrogen (secondary N) is 2. The molecule has 0 heterocycles. The minimum Gasteiger partial charge on any atom is -0.491 e. The van der Waals surface area contributed by atoms with Gasteiger partial charge in [-0.15, -0.1) is 0 Å². The molecule has 0 aliphatic rings. The number of carbonyl (C=O) groups is 2. The molecular weight excluding hydrogens is 594 g/mol. The molecule has 0 spiro atoms. The minimum atomic E-state index is -0.939. The third kappa shape index (κ3) is 9.12. The second-order valence-corrected chi connectivity index (χ2v) is 10.6. The number of ether oxygens (including phenoxy) is 3. The van der Waals surface area contributed by atoms with E-state index in [4.69, 9.17) is 19.9 Å². The molecule has 0 fully saturated rings. The molecule has 5 rings (SSSR count). The molecule has 47 heavy (non-hydrogen) atoms. The molecule has 5 aromatic carbocycles. The monoisotopic (exact) mass is 631 g/mol. The summed E-state index contributed by atoms with van der Waals surface area (Å²) >= 11 is 0.